The monoisotopic (exact) mass is 310 g/mol. The molecule has 0 N–H and O–H groups in total. The Kier molecular flexibility index (Phi) is 3.28. The number of epoxide rings is 1. The summed E-state index contributed by atoms with van der Waals surface area (Å²) in [6.07, 6.45) is 1.64. The second-order valence-corrected chi connectivity index (χ2v) is 8.95. The number of amides is 1. The first kappa shape index (κ1) is 16.2. The van der Waals surface area contributed by atoms with Gasteiger partial charge in [0, 0.05) is 23.9 Å². The lowest BCUT2D eigenvalue weighted by molar-refractivity contribution is -0.180. The molecule has 5 heteroatoms. The van der Waals surface area contributed by atoms with E-state index in [1.54, 1.807) is 0 Å². The van der Waals surface area contributed by atoms with E-state index in [-0.39, 0.29) is 23.1 Å². The first-order valence-corrected chi connectivity index (χ1v) is 8.28. The Morgan fingerprint density at radius 2 is 1.59 bits per heavy atom. The molecule has 0 aliphatic carbocycles. The minimum atomic E-state index is -0.710. The van der Waals surface area contributed by atoms with Crippen LogP contribution in [-0.4, -0.2) is 64.4 Å². The van der Waals surface area contributed by atoms with Gasteiger partial charge in [0.25, 0.3) is 5.91 Å². The number of carbonyl (C=O) groups excluding carboxylic acids is 1. The van der Waals surface area contributed by atoms with E-state index < -0.39 is 11.3 Å². The van der Waals surface area contributed by atoms with Crippen molar-refractivity contribution in [3.05, 3.63) is 0 Å². The minimum Gasteiger partial charge on any atom is -0.371 e. The van der Waals surface area contributed by atoms with Crippen molar-refractivity contribution in [3.63, 3.8) is 0 Å². The van der Waals surface area contributed by atoms with Crippen molar-refractivity contribution in [2.75, 3.05) is 20.2 Å². The van der Waals surface area contributed by atoms with E-state index in [0.717, 1.165) is 19.4 Å². The maximum Gasteiger partial charge on any atom is 0.257 e. The van der Waals surface area contributed by atoms with Crippen LogP contribution in [0.15, 0.2) is 0 Å². The Morgan fingerprint density at radius 3 is 2.05 bits per heavy atom. The molecule has 3 aliphatic rings. The normalized spacial score (nSPS) is 35.1. The van der Waals surface area contributed by atoms with Gasteiger partial charge < -0.3 is 14.4 Å². The fraction of sp³-hybridized carbons (Fsp3) is 0.941. The molecule has 126 valence electrons. The van der Waals surface area contributed by atoms with Gasteiger partial charge in [-0.25, -0.2) is 0 Å². The van der Waals surface area contributed by atoms with Gasteiger partial charge in [-0.05, 0) is 48.6 Å². The Morgan fingerprint density at radius 1 is 1.09 bits per heavy atom. The summed E-state index contributed by atoms with van der Waals surface area (Å²) in [6.45, 7) is 14.2. The number of ether oxygens (including phenoxy) is 2. The van der Waals surface area contributed by atoms with E-state index in [9.17, 15) is 4.79 Å². The molecule has 5 nitrogen and oxygen atoms in total. The van der Waals surface area contributed by atoms with Crippen molar-refractivity contribution in [3.8, 4) is 0 Å². The molecular formula is C17H30N2O3. The number of rotatable bonds is 2. The molecule has 3 saturated heterocycles. The van der Waals surface area contributed by atoms with Gasteiger partial charge in [0.15, 0.2) is 5.60 Å². The van der Waals surface area contributed by atoms with Gasteiger partial charge in [0.1, 0.15) is 5.72 Å². The van der Waals surface area contributed by atoms with Crippen molar-refractivity contribution < 1.29 is 14.3 Å². The van der Waals surface area contributed by atoms with E-state index in [1.165, 1.54) is 0 Å². The van der Waals surface area contributed by atoms with Gasteiger partial charge in [-0.1, -0.05) is 0 Å². The molecule has 0 aromatic heterocycles. The summed E-state index contributed by atoms with van der Waals surface area (Å²) < 4.78 is 11.8. The predicted octanol–water partition coefficient (Wildman–Crippen LogP) is 2.00. The third-order valence-electron chi connectivity index (χ3n) is 5.77. The van der Waals surface area contributed by atoms with E-state index >= 15 is 0 Å². The SMILES string of the molecule is CN1C(C)(C)CC2(CC1(C)C)OC(C)(C)N(CC1CO1)C2=O. The summed E-state index contributed by atoms with van der Waals surface area (Å²) >= 11 is 0. The zero-order valence-corrected chi connectivity index (χ0v) is 15.0. The van der Waals surface area contributed by atoms with Crippen LogP contribution < -0.4 is 0 Å². The van der Waals surface area contributed by atoms with Gasteiger partial charge in [-0.15, -0.1) is 0 Å². The van der Waals surface area contributed by atoms with Crippen LogP contribution in [0.3, 0.4) is 0 Å². The molecule has 22 heavy (non-hydrogen) atoms. The van der Waals surface area contributed by atoms with Crippen LogP contribution in [0.5, 0.6) is 0 Å². The molecular weight excluding hydrogens is 280 g/mol. The molecule has 1 unspecified atom stereocenters. The molecule has 0 bridgehead atoms. The number of nitrogens with zero attached hydrogens (tertiary/aromatic N) is 2. The predicted molar refractivity (Wildman–Crippen MR) is 84.5 cm³/mol. The second-order valence-electron chi connectivity index (χ2n) is 8.95. The molecule has 1 spiro atoms. The summed E-state index contributed by atoms with van der Waals surface area (Å²) in [5.41, 5.74) is -1.44. The van der Waals surface area contributed by atoms with Crippen molar-refractivity contribution in [2.45, 2.75) is 82.9 Å². The van der Waals surface area contributed by atoms with Gasteiger partial charge in [-0.2, -0.15) is 0 Å². The highest BCUT2D eigenvalue weighted by Gasteiger charge is 2.63. The molecule has 1 atom stereocenters. The topological polar surface area (TPSA) is 45.3 Å². The number of carbonyl (C=O) groups is 1. The number of hydrogen-bond acceptors (Lipinski definition) is 4. The first-order chi connectivity index (χ1) is 9.90. The third kappa shape index (κ3) is 2.38. The summed E-state index contributed by atoms with van der Waals surface area (Å²) in [5.74, 6) is 0.141. The zero-order chi connectivity index (χ0) is 16.6. The van der Waals surface area contributed by atoms with Crippen molar-refractivity contribution in [2.24, 2.45) is 0 Å². The minimum absolute atomic E-state index is 0.0837. The lowest BCUT2D eigenvalue weighted by Gasteiger charge is -2.56. The number of likely N-dealkylation sites (tertiary alicyclic amines) is 1. The van der Waals surface area contributed by atoms with Gasteiger partial charge >= 0.3 is 0 Å². The molecule has 1 amide bonds. The van der Waals surface area contributed by atoms with Crippen LogP contribution in [-0.2, 0) is 14.3 Å². The largest absolute Gasteiger partial charge is 0.371 e. The Labute approximate surface area is 133 Å². The van der Waals surface area contributed by atoms with E-state index in [2.05, 4.69) is 39.6 Å². The van der Waals surface area contributed by atoms with E-state index in [1.807, 2.05) is 18.7 Å². The summed E-state index contributed by atoms with van der Waals surface area (Å²) in [4.78, 5) is 17.5. The smallest absolute Gasteiger partial charge is 0.257 e. The van der Waals surface area contributed by atoms with Crippen LogP contribution >= 0.6 is 0 Å². The Balaban J connectivity index is 1.94. The van der Waals surface area contributed by atoms with Crippen LogP contribution in [0, 0.1) is 0 Å². The molecule has 0 aromatic carbocycles. The summed E-state index contributed by atoms with van der Waals surface area (Å²) in [5, 5.41) is 0. The fourth-order valence-corrected chi connectivity index (χ4v) is 4.49. The van der Waals surface area contributed by atoms with Crippen LogP contribution in [0.25, 0.3) is 0 Å². The molecule has 0 radical (unpaired) electrons. The third-order valence-corrected chi connectivity index (χ3v) is 5.77. The molecule has 3 fully saturated rings. The number of piperidine rings is 1. The maximum atomic E-state index is 13.3. The standard InChI is InChI=1S/C17H30N2O3/c1-14(2)10-17(11-15(3,4)18(14)7)13(20)19(8-12-9-21-12)16(5,6)22-17/h12H,8-11H2,1-7H3. The highest BCUT2D eigenvalue weighted by atomic mass is 16.6. The maximum absolute atomic E-state index is 13.3. The van der Waals surface area contributed by atoms with E-state index in [4.69, 9.17) is 9.47 Å². The lowest BCUT2D eigenvalue weighted by atomic mass is 9.71. The second kappa shape index (κ2) is 4.46. The number of hydrogen-bond donors (Lipinski definition) is 0. The molecule has 3 heterocycles. The Hall–Kier alpha value is -0.650. The zero-order valence-electron chi connectivity index (χ0n) is 15.0. The lowest BCUT2D eigenvalue weighted by Crippen LogP contribution is -2.66. The molecule has 3 rings (SSSR count). The van der Waals surface area contributed by atoms with Crippen LogP contribution in [0.2, 0.25) is 0 Å². The van der Waals surface area contributed by atoms with E-state index in [0.29, 0.717) is 6.54 Å². The van der Waals surface area contributed by atoms with Crippen molar-refractivity contribution >= 4 is 5.91 Å². The van der Waals surface area contributed by atoms with Crippen molar-refractivity contribution in [1.29, 1.82) is 0 Å². The van der Waals surface area contributed by atoms with Crippen LogP contribution in [0.4, 0.5) is 0 Å². The van der Waals surface area contributed by atoms with Gasteiger partial charge in [0.2, 0.25) is 0 Å². The van der Waals surface area contributed by atoms with Gasteiger partial charge in [-0.3, -0.25) is 9.69 Å². The Bertz CT molecular complexity index is 476. The summed E-state index contributed by atoms with van der Waals surface area (Å²) in [6, 6.07) is 0. The van der Waals surface area contributed by atoms with Crippen molar-refractivity contribution in [1.82, 2.24) is 9.80 Å². The first-order valence-electron chi connectivity index (χ1n) is 8.28. The highest BCUT2D eigenvalue weighted by Crippen LogP contribution is 2.50. The molecule has 0 aromatic rings. The molecule has 3 aliphatic heterocycles. The average Bonchev–Trinajstić information content (AvgIpc) is 3.11. The van der Waals surface area contributed by atoms with Crippen LogP contribution in [0.1, 0.15) is 54.4 Å². The molecule has 0 saturated carbocycles. The average molecular weight is 310 g/mol. The fourth-order valence-electron chi connectivity index (χ4n) is 4.49. The quantitative estimate of drug-likeness (QED) is 0.732. The summed E-state index contributed by atoms with van der Waals surface area (Å²) in [7, 11) is 2.15. The van der Waals surface area contributed by atoms with Gasteiger partial charge in [0.05, 0.1) is 19.3 Å². The highest BCUT2D eigenvalue weighted by molar-refractivity contribution is 5.88.